The Morgan fingerprint density at radius 1 is 1.67 bits per heavy atom. The van der Waals surface area contributed by atoms with Gasteiger partial charge in [-0.25, -0.2) is 0 Å². The number of rotatable bonds is 4. The molecule has 15 heavy (non-hydrogen) atoms. The first-order chi connectivity index (χ1) is 7.02. The third kappa shape index (κ3) is 3.20. The van der Waals surface area contributed by atoms with E-state index in [1.807, 2.05) is 13.8 Å². The number of carbonyl (C=O) groups excluding carboxylic acids is 1. The van der Waals surface area contributed by atoms with Gasteiger partial charge in [-0.15, -0.1) is 0 Å². The predicted molar refractivity (Wildman–Crippen MR) is 55.5 cm³/mol. The molecule has 0 radical (unpaired) electrons. The molecule has 1 saturated heterocycles. The van der Waals surface area contributed by atoms with Crippen molar-refractivity contribution in [2.75, 3.05) is 13.1 Å². The van der Waals surface area contributed by atoms with E-state index in [1.54, 1.807) is 0 Å². The normalized spacial score (nSPS) is 22.9. The maximum absolute atomic E-state index is 11.6. The van der Waals surface area contributed by atoms with Crippen LogP contribution in [0.5, 0.6) is 0 Å². The predicted octanol–water partition coefficient (Wildman–Crippen LogP) is 0.0600. The molecule has 5 heteroatoms. The lowest BCUT2D eigenvalue weighted by Gasteiger charge is -2.37. The molecule has 0 aliphatic carbocycles. The van der Waals surface area contributed by atoms with E-state index in [2.05, 4.69) is 10.2 Å². The number of piperazine rings is 1. The number of nitrogens with one attached hydrogen (secondary N) is 1. The molecule has 0 aromatic heterocycles. The van der Waals surface area contributed by atoms with E-state index in [0.29, 0.717) is 13.0 Å². The summed E-state index contributed by atoms with van der Waals surface area (Å²) in [7, 11) is 0. The van der Waals surface area contributed by atoms with Gasteiger partial charge in [-0.2, -0.15) is 0 Å². The molecule has 0 spiro atoms. The minimum absolute atomic E-state index is 0.0430. The lowest BCUT2D eigenvalue weighted by molar-refractivity contribution is -0.138. The fraction of sp³-hybridized carbons (Fsp3) is 0.800. The monoisotopic (exact) mass is 214 g/mol. The van der Waals surface area contributed by atoms with Crippen molar-refractivity contribution in [1.29, 1.82) is 0 Å². The van der Waals surface area contributed by atoms with Crippen LogP contribution in [0.15, 0.2) is 0 Å². The van der Waals surface area contributed by atoms with Gasteiger partial charge in [-0.3, -0.25) is 14.5 Å². The summed E-state index contributed by atoms with van der Waals surface area (Å²) < 4.78 is 0. The van der Waals surface area contributed by atoms with Crippen LogP contribution >= 0.6 is 0 Å². The third-order valence-corrected chi connectivity index (χ3v) is 2.67. The highest BCUT2D eigenvalue weighted by Crippen LogP contribution is 2.14. The van der Waals surface area contributed by atoms with Crippen LogP contribution in [0.1, 0.15) is 26.7 Å². The van der Waals surface area contributed by atoms with Gasteiger partial charge in [0, 0.05) is 25.6 Å². The number of carboxylic acid groups (broad SMARTS) is 1. The molecular weight excluding hydrogens is 196 g/mol. The number of carboxylic acids is 1. The zero-order chi connectivity index (χ0) is 11.4. The fourth-order valence-corrected chi connectivity index (χ4v) is 1.91. The molecule has 0 aromatic rings. The quantitative estimate of drug-likeness (QED) is 0.694. The standard InChI is InChI=1S/C10H18N2O3/c1-7(2)12-6-5-11-10(15)8(12)3-4-9(13)14/h7-8H,3-6H2,1-2H3,(H,11,15)(H,13,14). The van der Waals surface area contributed by atoms with Crippen molar-refractivity contribution < 1.29 is 14.7 Å². The van der Waals surface area contributed by atoms with Gasteiger partial charge in [0.2, 0.25) is 5.91 Å². The second kappa shape index (κ2) is 5.11. The number of hydrogen-bond acceptors (Lipinski definition) is 3. The van der Waals surface area contributed by atoms with E-state index in [9.17, 15) is 9.59 Å². The van der Waals surface area contributed by atoms with Crippen molar-refractivity contribution in [2.45, 2.75) is 38.8 Å². The van der Waals surface area contributed by atoms with E-state index >= 15 is 0 Å². The number of nitrogens with zero attached hydrogens (tertiary/aromatic N) is 1. The average molecular weight is 214 g/mol. The lowest BCUT2D eigenvalue weighted by Crippen LogP contribution is -2.57. The Kier molecular flexibility index (Phi) is 4.08. The van der Waals surface area contributed by atoms with E-state index in [1.165, 1.54) is 0 Å². The second-order valence-corrected chi connectivity index (χ2v) is 4.07. The van der Waals surface area contributed by atoms with Crippen LogP contribution in [0.2, 0.25) is 0 Å². The summed E-state index contributed by atoms with van der Waals surface area (Å²) >= 11 is 0. The summed E-state index contributed by atoms with van der Waals surface area (Å²) in [6, 6.07) is -0.00954. The molecule has 0 bridgehead atoms. The van der Waals surface area contributed by atoms with Crippen molar-refractivity contribution in [3.8, 4) is 0 Å². The SMILES string of the molecule is CC(C)N1CCNC(=O)C1CCC(=O)O. The van der Waals surface area contributed by atoms with Gasteiger partial charge >= 0.3 is 5.97 Å². The minimum Gasteiger partial charge on any atom is -0.481 e. The van der Waals surface area contributed by atoms with Crippen LogP contribution in [0.25, 0.3) is 0 Å². The van der Waals surface area contributed by atoms with Crippen molar-refractivity contribution in [3.63, 3.8) is 0 Å². The smallest absolute Gasteiger partial charge is 0.303 e. The van der Waals surface area contributed by atoms with Gasteiger partial charge in [0.1, 0.15) is 0 Å². The van der Waals surface area contributed by atoms with Gasteiger partial charge in [0.05, 0.1) is 6.04 Å². The Bertz CT molecular complexity index is 253. The number of amides is 1. The molecule has 86 valence electrons. The van der Waals surface area contributed by atoms with E-state index in [-0.39, 0.29) is 24.4 Å². The summed E-state index contributed by atoms with van der Waals surface area (Å²) in [4.78, 5) is 24.1. The Balaban J connectivity index is 2.60. The van der Waals surface area contributed by atoms with Crippen molar-refractivity contribution in [1.82, 2.24) is 10.2 Å². The first-order valence-corrected chi connectivity index (χ1v) is 5.27. The van der Waals surface area contributed by atoms with Crippen molar-refractivity contribution in [2.24, 2.45) is 0 Å². The Hall–Kier alpha value is -1.10. The maximum Gasteiger partial charge on any atom is 0.303 e. The third-order valence-electron chi connectivity index (χ3n) is 2.67. The van der Waals surface area contributed by atoms with Gasteiger partial charge in [-0.1, -0.05) is 0 Å². The summed E-state index contributed by atoms with van der Waals surface area (Å²) in [6.07, 6.45) is 0.431. The van der Waals surface area contributed by atoms with Crippen LogP contribution in [-0.2, 0) is 9.59 Å². The highest BCUT2D eigenvalue weighted by molar-refractivity contribution is 5.83. The molecule has 1 heterocycles. The Labute approximate surface area is 89.4 Å². The average Bonchev–Trinajstić information content (AvgIpc) is 2.15. The first kappa shape index (κ1) is 12.0. The minimum atomic E-state index is -0.850. The summed E-state index contributed by atoms with van der Waals surface area (Å²) in [6.45, 7) is 5.49. The Morgan fingerprint density at radius 2 is 2.33 bits per heavy atom. The zero-order valence-corrected chi connectivity index (χ0v) is 9.19. The molecule has 0 aromatic carbocycles. The van der Waals surface area contributed by atoms with Crippen LogP contribution in [0.3, 0.4) is 0 Å². The number of aliphatic carboxylic acids is 1. The highest BCUT2D eigenvalue weighted by atomic mass is 16.4. The van der Waals surface area contributed by atoms with E-state index in [0.717, 1.165) is 6.54 Å². The second-order valence-electron chi connectivity index (χ2n) is 4.07. The van der Waals surface area contributed by atoms with Gasteiger partial charge in [0.25, 0.3) is 0 Å². The van der Waals surface area contributed by atoms with Crippen molar-refractivity contribution in [3.05, 3.63) is 0 Å². The lowest BCUT2D eigenvalue weighted by atomic mass is 10.0. The van der Waals surface area contributed by atoms with Crippen LogP contribution in [0, 0.1) is 0 Å². The largest absolute Gasteiger partial charge is 0.481 e. The molecule has 1 fully saturated rings. The van der Waals surface area contributed by atoms with Gasteiger partial charge < -0.3 is 10.4 Å². The topological polar surface area (TPSA) is 69.6 Å². The van der Waals surface area contributed by atoms with Crippen LogP contribution in [0.4, 0.5) is 0 Å². The number of hydrogen-bond donors (Lipinski definition) is 2. The molecule has 1 unspecified atom stereocenters. The van der Waals surface area contributed by atoms with Crippen LogP contribution < -0.4 is 5.32 Å². The van der Waals surface area contributed by atoms with Crippen molar-refractivity contribution >= 4 is 11.9 Å². The van der Waals surface area contributed by atoms with Crippen LogP contribution in [-0.4, -0.2) is 47.1 Å². The molecule has 1 amide bonds. The molecular formula is C10H18N2O3. The first-order valence-electron chi connectivity index (χ1n) is 5.27. The molecule has 1 rings (SSSR count). The van der Waals surface area contributed by atoms with Gasteiger partial charge in [0.15, 0.2) is 0 Å². The highest BCUT2D eigenvalue weighted by Gasteiger charge is 2.31. The molecule has 1 atom stereocenters. The molecule has 0 saturated carbocycles. The summed E-state index contributed by atoms with van der Waals surface area (Å²) in [5.74, 6) is -0.895. The summed E-state index contributed by atoms with van der Waals surface area (Å²) in [5.41, 5.74) is 0. The summed E-state index contributed by atoms with van der Waals surface area (Å²) in [5, 5.41) is 11.4. The van der Waals surface area contributed by atoms with E-state index < -0.39 is 5.97 Å². The molecule has 1 aliphatic heterocycles. The number of carbonyl (C=O) groups is 2. The maximum atomic E-state index is 11.6. The molecule has 2 N–H and O–H groups in total. The zero-order valence-electron chi connectivity index (χ0n) is 9.19. The molecule has 5 nitrogen and oxygen atoms in total. The Morgan fingerprint density at radius 3 is 2.87 bits per heavy atom. The van der Waals surface area contributed by atoms with E-state index in [4.69, 9.17) is 5.11 Å². The molecule has 1 aliphatic rings. The fourth-order valence-electron chi connectivity index (χ4n) is 1.91. The van der Waals surface area contributed by atoms with Gasteiger partial charge in [-0.05, 0) is 20.3 Å².